The molecule has 0 bridgehead atoms. The second kappa shape index (κ2) is 8.86. The van der Waals surface area contributed by atoms with Gasteiger partial charge in [0.05, 0.1) is 26.4 Å². The summed E-state index contributed by atoms with van der Waals surface area (Å²) in [4.78, 5) is 13.3. The fraction of sp³-hybridized carbons (Fsp3) is 0.588. The molecular weight excluding hydrogens is 296 g/mol. The van der Waals surface area contributed by atoms with Crippen LogP contribution in [0.1, 0.15) is 18.4 Å². The highest BCUT2D eigenvalue weighted by Crippen LogP contribution is 2.19. The first kappa shape index (κ1) is 17.7. The maximum Gasteiger partial charge on any atom is 0.220 e. The van der Waals surface area contributed by atoms with Crippen molar-refractivity contribution in [3.8, 4) is 5.75 Å². The fourth-order valence-corrected chi connectivity index (χ4v) is 2.88. The molecule has 0 spiro atoms. The van der Waals surface area contributed by atoms with E-state index in [-0.39, 0.29) is 18.4 Å². The van der Waals surface area contributed by atoms with E-state index in [1.165, 1.54) is 0 Å². The summed E-state index contributed by atoms with van der Waals surface area (Å²) >= 11 is 0. The van der Waals surface area contributed by atoms with Crippen molar-refractivity contribution in [2.75, 3.05) is 33.4 Å². The lowest BCUT2D eigenvalue weighted by Crippen LogP contribution is -2.42. The number of carbonyl (C=O) groups is 1. The Labute approximate surface area is 137 Å². The van der Waals surface area contributed by atoms with Crippen LogP contribution in [0.4, 0.5) is 0 Å². The smallest absolute Gasteiger partial charge is 0.220 e. The van der Waals surface area contributed by atoms with Gasteiger partial charge in [-0.05, 0) is 32.0 Å². The van der Waals surface area contributed by atoms with E-state index in [1.54, 1.807) is 7.11 Å². The number of piperidine rings is 1. The molecule has 1 aromatic carbocycles. The third-order valence-electron chi connectivity index (χ3n) is 4.22. The monoisotopic (exact) mass is 322 g/mol. The molecule has 1 aromatic rings. The second-order valence-electron chi connectivity index (χ2n) is 5.96. The van der Waals surface area contributed by atoms with Gasteiger partial charge in [-0.2, -0.15) is 0 Å². The van der Waals surface area contributed by atoms with Crippen LogP contribution in [0.15, 0.2) is 24.3 Å². The molecule has 1 aliphatic rings. The lowest BCUT2D eigenvalue weighted by atomic mass is 9.96. The van der Waals surface area contributed by atoms with Gasteiger partial charge in [-0.3, -0.25) is 4.79 Å². The molecule has 3 N–H and O–H groups in total. The molecule has 23 heavy (non-hydrogen) atoms. The number of hydrogen-bond donors (Lipinski definition) is 2. The third-order valence-corrected chi connectivity index (χ3v) is 4.22. The number of β-amino-alcohol motifs (C(OH)–C–C–N with tert-alkyl or cyclic N) is 1. The number of para-hydroxylation sites is 1. The average molecular weight is 322 g/mol. The Kier molecular flexibility index (Phi) is 6.83. The van der Waals surface area contributed by atoms with E-state index in [0.717, 1.165) is 37.2 Å². The average Bonchev–Trinajstić information content (AvgIpc) is 2.55. The van der Waals surface area contributed by atoms with Crippen molar-refractivity contribution in [2.45, 2.75) is 25.6 Å². The van der Waals surface area contributed by atoms with Crippen molar-refractivity contribution in [1.29, 1.82) is 0 Å². The minimum absolute atomic E-state index is 0.0230. The number of carbonyl (C=O) groups excluding carboxylic acids is 1. The Morgan fingerprint density at radius 3 is 2.74 bits per heavy atom. The molecule has 1 atom stereocenters. The summed E-state index contributed by atoms with van der Waals surface area (Å²) in [6, 6.07) is 7.67. The maximum absolute atomic E-state index is 11.1. The van der Waals surface area contributed by atoms with E-state index in [0.29, 0.717) is 13.2 Å². The first-order valence-corrected chi connectivity index (χ1v) is 7.99. The van der Waals surface area contributed by atoms with E-state index in [9.17, 15) is 9.90 Å². The van der Waals surface area contributed by atoms with Crippen molar-refractivity contribution >= 4 is 5.91 Å². The molecule has 6 heteroatoms. The molecule has 1 unspecified atom stereocenters. The van der Waals surface area contributed by atoms with Crippen LogP contribution in [-0.2, 0) is 16.1 Å². The van der Waals surface area contributed by atoms with Crippen molar-refractivity contribution < 1.29 is 19.4 Å². The van der Waals surface area contributed by atoms with Crippen LogP contribution in [0.2, 0.25) is 0 Å². The molecule has 1 aliphatic heterocycles. The van der Waals surface area contributed by atoms with E-state index >= 15 is 0 Å². The number of benzene rings is 1. The Morgan fingerprint density at radius 1 is 1.39 bits per heavy atom. The number of ether oxygens (including phenoxy) is 2. The second-order valence-corrected chi connectivity index (χ2v) is 5.96. The van der Waals surface area contributed by atoms with Crippen LogP contribution < -0.4 is 10.5 Å². The number of aliphatic hydroxyl groups is 1. The van der Waals surface area contributed by atoms with Gasteiger partial charge < -0.3 is 25.2 Å². The quantitative estimate of drug-likeness (QED) is 0.738. The largest absolute Gasteiger partial charge is 0.496 e. The first-order chi connectivity index (χ1) is 11.1. The predicted molar refractivity (Wildman–Crippen MR) is 87.0 cm³/mol. The number of nitrogens with two attached hydrogens (primary N) is 1. The lowest BCUT2D eigenvalue weighted by Gasteiger charge is -2.31. The van der Waals surface area contributed by atoms with Crippen molar-refractivity contribution in [3.05, 3.63) is 29.8 Å². The molecule has 1 heterocycles. The lowest BCUT2D eigenvalue weighted by molar-refractivity contribution is -0.123. The zero-order valence-electron chi connectivity index (χ0n) is 13.6. The predicted octanol–water partition coefficient (Wildman–Crippen LogP) is 0.770. The number of rotatable bonds is 8. The van der Waals surface area contributed by atoms with Gasteiger partial charge in [-0.25, -0.2) is 0 Å². The zero-order valence-corrected chi connectivity index (χ0v) is 13.6. The molecule has 6 nitrogen and oxygen atoms in total. The van der Waals surface area contributed by atoms with Crippen LogP contribution in [0.5, 0.6) is 5.75 Å². The van der Waals surface area contributed by atoms with Crippen LogP contribution in [0, 0.1) is 5.92 Å². The molecule has 1 amide bonds. The molecule has 0 aromatic heterocycles. The molecule has 2 rings (SSSR count). The van der Waals surface area contributed by atoms with Crippen LogP contribution >= 0.6 is 0 Å². The van der Waals surface area contributed by atoms with Crippen molar-refractivity contribution in [1.82, 2.24) is 4.90 Å². The SMILES string of the molecule is COc1ccccc1COCC(O)CN1CCC(C(N)=O)CC1. The first-order valence-electron chi connectivity index (χ1n) is 7.99. The number of likely N-dealkylation sites (tertiary alicyclic amines) is 1. The van der Waals surface area contributed by atoms with E-state index < -0.39 is 6.10 Å². The minimum Gasteiger partial charge on any atom is -0.496 e. The molecule has 128 valence electrons. The van der Waals surface area contributed by atoms with Gasteiger partial charge in [0.1, 0.15) is 5.75 Å². The molecule has 0 saturated carbocycles. The molecule has 1 saturated heterocycles. The summed E-state index contributed by atoms with van der Waals surface area (Å²) in [7, 11) is 1.63. The third kappa shape index (κ3) is 5.49. The van der Waals surface area contributed by atoms with E-state index in [2.05, 4.69) is 4.90 Å². The topological polar surface area (TPSA) is 85.0 Å². The number of aliphatic hydroxyl groups excluding tert-OH is 1. The van der Waals surface area contributed by atoms with E-state index in [4.69, 9.17) is 15.2 Å². The van der Waals surface area contributed by atoms with Gasteiger partial charge in [-0.1, -0.05) is 18.2 Å². The van der Waals surface area contributed by atoms with Gasteiger partial charge in [0, 0.05) is 18.0 Å². The van der Waals surface area contributed by atoms with Gasteiger partial charge in [0.25, 0.3) is 0 Å². The van der Waals surface area contributed by atoms with Gasteiger partial charge >= 0.3 is 0 Å². The Hall–Kier alpha value is -1.63. The summed E-state index contributed by atoms with van der Waals surface area (Å²) in [6.07, 6.45) is 0.990. The van der Waals surface area contributed by atoms with Crippen molar-refractivity contribution in [3.63, 3.8) is 0 Å². The fourth-order valence-electron chi connectivity index (χ4n) is 2.88. The van der Waals surface area contributed by atoms with Gasteiger partial charge in [0.15, 0.2) is 0 Å². The summed E-state index contributed by atoms with van der Waals surface area (Å²) in [5.41, 5.74) is 6.28. The number of amides is 1. The molecule has 0 aliphatic carbocycles. The molecular formula is C17H26N2O4. The van der Waals surface area contributed by atoms with Gasteiger partial charge in [-0.15, -0.1) is 0 Å². The zero-order chi connectivity index (χ0) is 16.7. The normalized spacial score (nSPS) is 17.8. The van der Waals surface area contributed by atoms with Crippen LogP contribution in [0.25, 0.3) is 0 Å². The molecule has 1 fully saturated rings. The molecule has 0 radical (unpaired) electrons. The Bertz CT molecular complexity index is 501. The highest BCUT2D eigenvalue weighted by atomic mass is 16.5. The van der Waals surface area contributed by atoms with Crippen molar-refractivity contribution in [2.24, 2.45) is 11.7 Å². The van der Waals surface area contributed by atoms with Gasteiger partial charge in [0.2, 0.25) is 5.91 Å². The highest BCUT2D eigenvalue weighted by Gasteiger charge is 2.24. The standard InChI is InChI=1S/C17H26N2O4/c1-22-16-5-3-2-4-14(16)11-23-12-15(20)10-19-8-6-13(7-9-19)17(18)21/h2-5,13,15,20H,6-12H2,1H3,(H2,18,21). The number of primary amides is 1. The van der Waals surface area contributed by atoms with E-state index in [1.807, 2.05) is 24.3 Å². The highest BCUT2D eigenvalue weighted by molar-refractivity contribution is 5.76. The van der Waals surface area contributed by atoms with Crippen LogP contribution in [0.3, 0.4) is 0 Å². The Morgan fingerprint density at radius 2 is 2.09 bits per heavy atom. The summed E-state index contributed by atoms with van der Waals surface area (Å²) in [5, 5.41) is 10.1. The van der Waals surface area contributed by atoms with Crippen LogP contribution in [-0.4, -0.2) is 55.4 Å². The minimum atomic E-state index is -0.546. The number of hydrogen-bond acceptors (Lipinski definition) is 5. The number of nitrogens with zero attached hydrogens (tertiary/aromatic N) is 1. The number of methoxy groups -OCH3 is 1. The summed E-state index contributed by atoms with van der Waals surface area (Å²) in [5.74, 6) is 0.547. The summed E-state index contributed by atoms with van der Waals surface area (Å²) in [6.45, 7) is 2.81. The summed E-state index contributed by atoms with van der Waals surface area (Å²) < 4.78 is 10.9. The maximum atomic E-state index is 11.1. The Balaban J connectivity index is 1.67.